The van der Waals surface area contributed by atoms with Crippen LogP contribution in [0.1, 0.15) is 55.4 Å². The normalized spacial score (nSPS) is 26.1. The van der Waals surface area contributed by atoms with Crippen molar-refractivity contribution in [3.8, 4) is 6.01 Å². The Labute approximate surface area is 182 Å². The summed E-state index contributed by atoms with van der Waals surface area (Å²) in [4.78, 5) is 24.7. The van der Waals surface area contributed by atoms with Crippen molar-refractivity contribution in [2.24, 2.45) is 0 Å². The van der Waals surface area contributed by atoms with E-state index in [4.69, 9.17) is 15.2 Å². The molecule has 2 aliphatic rings. The van der Waals surface area contributed by atoms with Crippen LogP contribution in [0.15, 0.2) is 12.5 Å². The topological polar surface area (TPSA) is 165 Å². The number of ether oxygens (including phenoxy) is 3. The number of nitrogens with zero attached hydrogens (tertiary/aromatic N) is 7. The first-order valence-corrected chi connectivity index (χ1v) is 10.5. The van der Waals surface area contributed by atoms with Crippen LogP contribution in [0.3, 0.4) is 0 Å². The van der Waals surface area contributed by atoms with Crippen molar-refractivity contribution in [3.05, 3.63) is 18.2 Å². The highest BCUT2D eigenvalue weighted by Gasteiger charge is 2.45. The summed E-state index contributed by atoms with van der Waals surface area (Å²) in [7, 11) is 1.26. The number of carbonyl (C=O) groups excluding carboxylic acids is 1. The molecule has 0 spiro atoms. The summed E-state index contributed by atoms with van der Waals surface area (Å²) in [5, 5.41) is 18.9. The zero-order valence-corrected chi connectivity index (χ0v) is 17.7. The van der Waals surface area contributed by atoms with Crippen LogP contribution in [0.2, 0.25) is 0 Å². The van der Waals surface area contributed by atoms with Gasteiger partial charge in [0, 0.05) is 0 Å². The molecule has 5 rings (SSSR count). The molecule has 2 fully saturated rings. The van der Waals surface area contributed by atoms with Gasteiger partial charge in [-0.15, -0.1) is 5.10 Å². The van der Waals surface area contributed by atoms with Crippen molar-refractivity contribution in [1.82, 2.24) is 34.5 Å². The Morgan fingerprint density at radius 3 is 2.84 bits per heavy atom. The van der Waals surface area contributed by atoms with Crippen molar-refractivity contribution in [3.63, 3.8) is 0 Å². The van der Waals surface area contributed by atoms with Gasteiger partial charge in [0.15, 0.2) is 28.9 Å². The molecule has 1 aliphatic heterocycles. The zero-order valence-electron chi connectivity index (χ0n) is 17.7. The van der Waals surface area contributed by atoms with Crippen LogP contribution in [0.4, 0.5) is 5.82 Å². The highest BCUT2D eigenvalue weighted by molar-refractivity contribution is 5.86. The molecule has 13 heteroatoms. The van der Waals surface area contributed by atoms with E-state index < -0.39 is 30.4 Å². The average Bonchev–Trinajstić information content (AvgIpc) is 3.55. The average molecular weight is 444 g/mol. The highest BCUT2D eigenvalue weighted by Crippen LogP contribution is 2.38. The fraction of sp³-hybridized carbons (Fsp3) is 0.579. The summed E-state index contributed by atoms with van der Waals surface area (Å²) >= 11 is 0. The van der Waals surface area contributed by atoms with Gasteiger partial charge in [-0.1, -0.05) is 5.21 Å². The summed E-state index contributed by atoms with van der Waals surface area (Å²) in [6, 6.07) is -0.420. The maximum absolute atomic E-state index is 11.7. The molecule has 0 bridgehead atoms. The number of nitrogen functional groups attached to an aromatic ring is 1. The number of methoxy groups -OCH3 is 1. The second kappa shape index (κ2) is 7.98. The molecular formula is C19H24N8O5. The SMILES string of the molecule is COC(=O)c1cn([C@@H]2[C@@H](O)[C@H](n3cnc4c(N)nc(OC5CCCC5)nc43)O[C@@H]2C)nn1. The molecule has 0 amide bonds. The number of hydrogen-bond acceptors (Lipinski definition) is 11. The number of imidazole rings is 1. The second-order valence-electron chi connectivity index (χ2n) is 8.03. The third-order valence-electron chi connectivity index (χ3n) is 5.96. The number of aromatic nitrogens is 7. The van der Waals surface area contributed by atoms with Gasteiger partial charge in [-0.25, -0.2) is 14.5 Å². The quantitative estimate of drug-likeness (QED) is 0.530. The Balaban J connectivity index is 1.45. The van der Waals surface area contributed by atoms with Gasteiger partial charge in [0.05, 0.1) is 25.7 Å². The van der Waals surface area contributed by atoms with Gasteiger partial charge in [-0.2, -0.15) is 9.97 Å². The van der Waals surface area contributed by atoms with Crippen LogP contribution in [-0.2, 0) is 9.47 Å². The lowest BCUT2D eigenvalue weighted by molar-refractivity contribution is -0.0298. The van der Waals surface area contributed by atoms with Crippen molar-refractivity contribution in [2.45, 2.75) is 63.2 Å². The monoisotopic (exact) mass is 444 g/mol. The number of aliphatic hydroxyl groups is 1. The van der Waals surface area contributed by atoms with Crippen molar-refractivity contribution < 1.29 is 24.1 Å². The van der Waals surface area contributed by atoms with Crippen LogP contribution in [0, 0.1) is 0 Å². The van der Waals surface area contributed by atoms with Crippen LogP contribution in [0.5, 0.6) is 6.01 Å². The minimum Gasteiger partial charge on any atom is -0.464 e. The predicted molar refractivity (Wildman–Crippen MR) is 109 cm³/mol. The molecule has 3 N–H and O–H groups in total. The number of nitrogens with two attached hydrogens (primary N) is 1. The van der Waals surface area contributed by atoms with Gasteiger partial charge in [0.25, 0.3) is 0 Å². The molecule has 32 heavy (non-hydrogen) atoms. The number of anilines is 1. The molecule has 1 saturated carbocycles. The Bertz CT molecular complexity index is 1140. The minimum atomic E-state index is -1.04. The number of hydrogen-bond donors (Lipinski definition) is 2. The molecule has 170 valence electrons. The third-order valence-corrected chi connectivity index (χ3v) is 5.96. The number of aliphatic hydroxyl groups excluding tert-OH is 1. The van der Waals surface area contributed by atoms with E-state index in [0.717, 1.165) is 25.7 Å². The largest absolute Gasteiger partial charge is 0.464 e. The van der Waals surface area contributed by atoms with E-state index in [1.807, 2.05) is 0 Å². The molecule has 0 radical (unpaired) electrons. The molecule has 4 atom stereocenters. The predicted octanol–water partition coefficient (Wildman–Crippen LogP) is 0.627. The van der Waals surface area contributed by atoms with Gasteiger partial charge in [-0.3, -0.25) is 4.57 Å². The van der Waals surface area contributed by atoms with Crippen LogP contribution in [-0.4, -0.2) is 71.0 Å². The second-order valence-corrected chi connectivity index (χ2v) is 8.03. The summed E-state index contributed by atoms with van der Waals surface area (Å²) in [5.74, 6) is -0.422. The first-order chi connectivity index (χ1) is 15.5. The first kappa shape index (κ1) is 20.6. The molecule has 0 unspecified atom stereocenters. The molecule has 3 aromatic heterocycles. The Morgan fingerprint density at radius 2 is 2.09 bits per heavy atom. The van der Waals surface area contributed by atoms with Gasteiger partial charge in [0.2, 0.25) is 0 Å². The van der Waals surface area contributed by atoms with E-state index in [0.29, 0.717) is 11.2 Å². The van der Waals surface area contributed by atoms with Crippen molar-refractivity contribution >= 4 is 23.0 Å². The molecule has 1 aliphatic carbocycles. The number of carbonyl (C=O) groups is 1. The number of rotatable bonds is 5. The van der Waals surface area contributed by atoms with Gasteiger partial charge in [0.1, 0.15) is 18.2 Å². The first-order valence-electron chi connectivity index (χ1n) is 10.5. The van der Waals surface area contributed by atoms with E-state index >= 15 is 0 Å². The molecule has 4 heterocycles. The number of esters is 1. The molecule has 1 saturated heterocycles. The summed E-state index contributed by atoms with van der Waals surface area (Å²) in [6.45, 7) is 1.80. The smallest absolute Gasteiger partial charge is 0.360 e. The summed E-state index contributed by atoms with van der Waals surface area (Å²) in [6.07, 6.45) is 4.81. The fourth-order valence-corrected chi connectivity index (χ4v) is 4.36. The molecule has 3 aromatic rings. The minimum absolute atomic E-state index is 0.0395. The highest BCUT2D eigenvalue weighted by atomic mass is 16.5. The van der Waals surface area contributed by atoms with Gasteiger partial charge in [-0.05, 0) is 32.6 Å². The Hall–Kier alpha value is -3.32. The number of fused-ring (bicyclic) bond motifs is 1. The molecular weight excluding hydrogens is 420 g/mol. The standard InChI is InChI=1S/C19H24N8O5/c1-9-13(27-7-11(24-25-27)18(29)30-2)14(28)17(31-9)26-8-21-12-15(20)22-19(23-16(12)26)32-10-5-3-4-6-10/h7-10,13-14,17,28H,3-6H2,1-2H3,(H2,20,22,23)/t9-,13+,14-,17-/m1/s1. The van der Waals surface area contributed by atoms with Crippen molar-refractivity contribution in [2.75, 3.05) is 12.8 Å². The van der Waals surface area contributed by atoms with Crippen LogP contribution in [0.25, 0.3) is 11.2 Å². The van der Waals surface area contributed by atoms with E-state index in [-0.39, 0.29) is 23.6 Å². The van der Waals surface area contributed by atoms with Gasteiger partial charge >= 0.3 is 12.0 Å². The fourth-order valence-electron chi connectivity index (χ4n) is 4.36. The maximum atomic E-state index is 11.7. The van der Waals surface area contributed by atoms with Crippen LogP contribution >= 0.6 is 0 Å². The molecule has 0 aromatic carbocycles. The van der Waals surface area contributed by atoms with E-state index in [1.165, 1.54) is 24.3 Å². The lowest BCUT2D eigenvalue weighted by atomic mass is 10.1. The third kappa shape index (κ3) is 3.42. The van der Waals surface area contributed by atoms with Gasteiger partial charge < -0.3 is 25.1 Å². The van der Waals surface area contributed by atoms with E-state index in [9.17, 15) is 9.90 Å². The van der Waals surface area contributed by atoms with Crippen LogP contribution < -0.4 is 10.5 Å². The van der Waals surface area contributed by atoms with E-state index in [1.54, 1.807) is 11.5 Å². The summed E-state index contributed by atoms with van der Waals surface area (Å²) in [5.41, 5.74) is 6.92. The maximum Gasteiger partial charge on any atom is 0.360 e. The Morgan fingerprint density at radius 1 is 1.31 bits per heavy atom. The Kier molecular flexibility index (Phi) is 5.13. The van der Waals surface area contributed by atoms with E-state index in [2.05, 4.69) is 30.0 Å². The molecule has 13 nitrogen and oxygen atoms in total. The summed E-state index contributed by atoms with van der Waals surface area (Å²) < 4.78 is 19.6. The lowest BCUT2D eigenvalue weighted by Crippen LogP contribution is -2.29. The lowest BCUT2D eigenvalue weighted by Gasteiger charge is -2.19. The van der Waals surface area contributed by atoms with Crippen molar-refractivity contribution in [1.29, 1.82) is 0 Å². The zero-order chi connectivity index (χ0) is 22.4.